The fourth-order valence-electron chi connectivity index (χ4n) is 1.90. The summed E-state index contributed by atoms with van der Waals surface area (Å²) < 4.78 is 32.3. The molecular formula is C14H17BrF2N2O2. The number of hydrogen-bond acceptors (Lipinski definition) is 3. The molecule has 0 unspecified atom stereocenters. The molecule has 1 N–H and O–H groups in total. The highest BCUT2D eigenvalue weighted by molar-refractivity contribution is 9.10. The van der Waals surface area contributed by atoms with E-state index in [4.69, 9.17) is 4.74 Å². The Bertz CT molecular complexity index is 555. The summed E-state index contributed by atoms with van der Waals surface area (Å²) in [6, 6.07) is 2.05. The normalized spacial score (nSPS) is 15.6. The lowest BCUT2D eigenvalue weighted by Crippen LogP contribution is -2.58. The summed E-state index contributed by atoms with van der Waals surface area (Å²) in [6.07, 6.45) is -0.400. The third-order valence-corrected chi connectivity index (χ3v) is 3.51. The number of likely N-dealkylation sites (tertiary alicyclic amines) is 1. The number of amides is 1. The maximum absolute atomic E-state index is 13.7. The highest BCUT2D eigenvalue weighted by Crippen LogP contribution is 2.25. The first kappa shape index (κ1) is 16.0. The zero-order valence-electron chi connectivity index (χ0n) is 12.0. The molecule has 21 heavy (non-hydrogen) atoms. The van der Waals surface area contributed by atoms with Gasteiger partial charge in [-0.3, -0.25) is 0 Å². The van der Waals surface area contributed by atoms with Crippen LogP contribution in [0.1, 0.15) is 20.8 Å². The van der Waals surface area contributed by atoms with Gasteiger partial charge in [0.25, 0.3) is 0 Å². The molecule has 1 aromatic rings. The Labute approximate surface area is 130 Å². The number of halogens is 3. The van der Waals surface area contributed by atoms with E-state index < -0.39 is 23.3 Å². The lowest BCUT2D eigenvalue weighted by Gasteiger charge is -2.40. The van der Waals surface area contributed by atoms with Gasteiger partial charge in [-0.2, -0.15) is 0 Å². The Morgan fingerprint density at radius 2 is 1.95 bits per heavy atom. The van der Waals surface area contributed by atoms with Crippen molar-refractivity contribution in [1.82, 2.24) is 4.90 Å². The molecule has 2 rings (SSSR count). The van der Waals surface area contributed by atoms with E-state index in [2.05, 4.69) is 21.2 Å². The fraction of sp³-hybridized carbons (Fsp3) is 0.500. The highest BCUT2D eigenvalue weighted by atomic mass is 79.9. The lowest BCUT2D eigenvalue weighted by molar-refractivity contribution is 0.0105. The Balaban J connectivity index is 1.89. The molecular weight excluding hydrogens is 346 g/mol. The standard InChI is InChI=1S/C14H17BrF2N2O2/c1-14(2,3)21-13(20)19-6-8(7-19)18-12-5-10(16)9(15)4-11(12)17/h4-5,8,18H,6-7H2,1-3H3. The van der Waals surface area contributed by atoms with Crippen LogP contribution in [0.4, 0.5) is 19.3 Å². The van der Waals surface area contributed by atoms with Crippen LogP contribution in [0, 0.1) is 11.6 Å². The maximum Gasteiger partial charge on any atom is 0.410 e. The SMILES string of the molecule is CC(C)(C)OC(=O)N1CC(Nc2cc(F)c(Br)cc2F)C1. The van der Waals surface area contributed by atoms with E-state index in [-0.39, 0.29) is 16.2 Å². The predicted molar refractivity (Wildman–Crippen MR) is 79.3 cm³/mol. The number of carbonyl (C=O) groups is 1. The van der Waals surface area contributed by atoms with Gasteiger partial charge >= 0.3 is 6.09 Å². The van der Waals surface area contributed by atoms with Gasteiger partial charge in [-0.25, -0.2) is 13.6 Å². The fourth-order valence-corrected chi connectivity index (χ4v) is 2.21. The van der Waals surface area contributed by atoms with Gasteiger partial charge in [-0.05, 0) is 42.8 Å². The van der Waals surface area contributed by atoms with Crippen molar-refractivity contribution in [3.63, 3.8) is 0 Å². The predicted octanol–water partition coefficient (Wildman–Crippen LogP) is 3.76. The molecule has 0 aliphatic carbocycles. The second kappa shape index (κ2) is 5.79. The summed E-state index contributed by atoms with van der Waals surface area (Å²) in [4.78, 5) is 13.3. The van der Waals surface area contributed by atoms with Gasteiger partial charge in [0, 0.05) is 19.2 Å². The summed E-state index contributed by atoms with van der Waals surface area (Å²) >= 11 is 2.92. The first-order chi connectivity index (χ1) is 9.65. The molecule has 4 nitrogen and oxygen atoms in total. The van der Waals surface area contributed by atoms with E-state index in [0.29, 0.717) is 13.1 Å². The van der Waals surface area contributed by atoms with Crippen LogP contribution >= 0.6 is 15.9 Å². The van der Waals surface area contributed by atoms with Gasteiger partial charge in [-0.1, -0.05) is 0 Å². The van der Waals surface area contributed by atoms with Crippen molar-refractivity contribution >= 4 is 27.7 Å². The molecule has 0 radical (unpaired) electrons. The second-order valence-electron chi connectivity index (χ2n) is 5.97. The number of carbonyl (C=O) groups excluding carboxylic acids is 1. The molecule has 0 saturated carbocycles. The number of hydrogen-bond donors (Lipinski definition) is 1. The van der Waals surface area contributed by atoms with Crippen molar-refractivity contribution in [1.29, 1.82) is 0 Å². The van der Waals surface area contributed by atoms with Crippen LogP contribution in [0.5, 0.6) is 0 Å². The minimum absolute atomic E-state index is 0.0783. The minimum atomic E-state index is -0.545. The summed E-state index contributed by atoms with van der Waals surface area (Å²) in [5.41, 5.74) is -0.458. The van der Waals surface area contributed by atoms with Gasteiger partial charge < -0.3 is 15.0 Å². The van der Waals surface area contributed by atoms with Crippen LogP contribution in [0.3, 0.4) is 0 Å². The average Bonchev–Trinajstić information content (AvgIpc) is 2.26. The third kappa shape index (κ3) is 4.06. The van der Waals surface area contributed by atoms with Crippen LogP contribution in [0.25, 0.3) is 0 Å². The lowest BCUT2D eigenvalue weighted by atomic mass is 10.1. The van der Waals surface area contributed by atoms with E-state index >= 15 is 0 Å². The Kier molecular flexibility index (Phi) is 4.41. The molecule has 0 atom stereocenters. The number of benzene rings is 1. The molecule has 0 spiro atoms. The topological polar surface area (TPSA) is 41.6 Å². The summed E-state index contributed by atoms with van der Waals surface area (Å²) in [5.74, 6) is -1.08. The van der Waals surface area contributed by atoms with Crippen molar-refractivity contribution in [2.45, 2.75) is 32.4 Å². The smallest absolute Gasteiger partial charge is 0.410 e. The first-order valence-corrected chi connectivity index (χ1v) is 7.34. The van der Waals surface area contributed by atoms with E-state index in [1.165, 1.54) is 4.90 Å². The molecule has 1 heterocycles. The number of anilines is 1. The molecule has 1 aliphatic heterocycles. The minimum Gasteiger partial charge on any atom is -0.444 e. The maximum atomic E-state index is 13.7. The monoisotopic (exact) mass is 362 g/mol. The average molecular weight is 363 g/mol. The zero-order valence-corrected chi connectivity index (χ0v) is 13.6. The Morgan fingerprint density at radius 1 is 1.33 bits per heavy atom. The van der Waals surface area contributed by atoms with E-state index in [1.54, 1.807) is 20.8 Å². The van der Waals surface area contributed by atoms with Gasteiger partial charge in [0.15, 0.2) is 0 Å². The third-order valence-electron chi connectivity index (χ3n) is 2.90. The van der Waals surface area contributed by atoms with Gasteiger partial charge in [-0.15, -0.1) is 0 Å². The van der Waals surface area contributed by atoms with Gasteiger partial charge in [0.2, 0.25) is 0 Å². The van der Waals surface area contributed by atoms with Gasteiger partial charge in [0.05, 0.1) is 16.2 Å². The van der Waals surface area contributed by atoms with Crippen molar-refractivity contribution in [3.05, 3.63) is 28.2 Å². The van der Waals surface area contributed by atoms with Crippen LogP contribution < -0.4 is 5.32 Å². The summed E-state index contributed by atoms with van der Waals surface area (Å²) in [5, 5.41) is 2.88. The number of ether oxygens (including phenoxy) is 1. The van der Waals surface area contributed by atoms with Crippen LogP contribution in [0.15, 0.2) is 16.6 Å². The van der Waals surface area contributed by atoms with E-state index in [9.17, 15) is 13.6 Å². The summed E-state index contributed by atoms with van der Waals surface area (Å²) in [6.45, 7) is 6.17. The number of rotatable bonds is 2. The Hall–Kier alpha value is -1.37. The van der Waals surface area contributed by atoms with Gasteiger partial charge in [0.1, 0.15) is 17.2 Å². The quantitative estimate of drug-likeness (QED) is 0.814. The van der Waals surface area contributed by atoms with E-state index in [1.807, 2.05) is 0 Å². The number of nitrogens with zero attached hydrogens (tertiary/aromatic N) is 1. The molecule has 1 saturated heterocycles. The molecule has 7 heteroatoms. The highest BCUT2D eigenvalue weighted by Gasteiger charge is 2.34. The molecule has 1 aromatic carbocycles. The van der Waals surface area contributed by atoms with Crippen LogP contribution in [-0.4, -0.2) is 35.7 Å². The van der Waals surface area contributed by atoms with E-state index in [0.717, 1.165) is 12.1 Å². The first-order valence-electron chi connectivity index (χ1n) is 6.55. The van der Waals surface area contributed by atoms with Crippen LogP contribution in [-0.2, 0) is 4.74 Å². The molecule has 1 amide bonds. The van der Waals surface area contributed by atoms with Crippen molar-refractivity contribution < 1.29 is 18.3 Å². The largest absolute Gasteiger partial charge is 0.444 e. The molecule has 0 bridgehead atoms. The van der Waals surface area contributed by atoms with Crippen molar-refractivity contribution in [3.8, 4) is 0 Å². The van der Waals surface area contributed by atoms with Crippen molar-refractivity contribution in [2.24, 2.45) is 0 Å². The number of nitrogens with one attached hydrogen (secondary N) is 1. The second-order valence-corrected chi connectivity index (χ2v) is 6.83. The van der Waals surface area contributed by atoms with Crippen molar-refractivity contribution in [2.75, 3.05) is 18.4 Å². The zero-order chi connectivity index (χ0) is 15.8. The Morgan fingerprint density at radius 3 is 2.52 bits per heavy atom. The van der Waals surface area contributed by atoms with Crippen LogP contribution in [0.2, 0.25) is 0 Å². The summed E-state index contributed by atoms with van der Waals surface area (Å²) in [7, 11) is 0. The molecule has 1 fully saturated rings. The molecule has 0 aromatic heterocycles. The molecule has 1 aliphatic rings. The molecule has 116 valence electrons.